The fourth-order valence-electron chi connectivity index (χ4n) is 2.14. The van der Waals surface area contributed by atoms with Gasteiger partial charge in [0.1, 0.15) is 5.82 Å². The summed E-state index contributed by atoms with van der Waals surface area (Å²) >= 11 is 2.27. The minimum Gasteiger partial charge on any atom is -0.383 e. The molecule has 0 atom stereocenters. The van der Waals surface area contributed by atoms with Crippen molar-refractivity contribution in [2.75, 3.05) is 5.73 Å². The van der Waals surface area contributed by atoms with Crippen molar-refractivity contribution in [2.24, 2.45) is 0 Å². The van der Waals surface area contributed by atoms with Gasteiger partial charge in [-0.05, 0) is 35.9 Å². The van der Waals surface area contributed by atoms with Gasteiger partial charge in [0.25, 0.3) is 0 Å². The van der Waals surface area contributed by atoms with E-state index in [1.165, 1.54) is 51.4 Å². The maximum absolute atomic E-state index is 5.99. The third-order valence-electron chi connectivity index (χ3n) is 3.31. The first-order chi connectivity index (χ1) is 8.66. The highest BCUT2D eigenvalue weighted by Crippen LogP contribution is 2.19. The lowest BCUT2D eigenvalue weighted by Gasteiger charge is -2.04. The number of hydrogen-bond acceptors (Lipinski definition) is 2. The lowest BCUT2D eigenvalue weighted by molar-refractivity contribution is 0.522. The third kappa shape index (κ3) is 5.16. The van der Waals surface area contributed by atoms with Crippen LogP contribution in [0.4, 0.5) is 5.82 Å². The molecule has 0 aliphatic rings. The van der Waals surface area contributed by atoms with Gasteiger partial charge in [-0.1, -0.05) is 51.9 Å². The highest BCUT2D eigenvalue weighted by molar-refractivity contribution is 14.1. The van der Waals surface area contributed by atoms with Gasteiger partial charge in [-0.3, -0.25) is 0 Å². The maximum Gasteiger partial charge on any atom is 0.135 e. The third-order valence-corrected chi connectivity index (χ3v) is 4.65. The summed E-state index contributed by atoms with van der Waals surface area (Å²) in [4.78, 5) is 0. The molecule has 0 amide bonds. The molecule has 0 aliphatic carbocycles. The van der Waals surface area contributed by atoms with E-state index in [4.69, 9.17) is 5.73 Å². The summed E-state index contributed by atoms with van der Waals surface area (Å²) in [5, 5.41) is 4.45. The molecular weight excluding hydrogens is 337 g/mol. The van der Waals surface area contributed by atoms with Gasteiger partial charge < -0.3 is 5.73 Å². The average Bonchev–Trinajstić information content (AvgIpc) is 2.60. The summed E-state index contributed by atoms with van der Waals surface area (Å²) in [6, 6.07) is 0. The van der Waals surface area contributed by atoms with Gasteiger partial charge in [-0.25, -0.2) is 4.68 Å². The predicted octanol–water partition coefficient (Wildman–Crippen LogP) is 4.52. The molecule has 18 heavy (non-hydrogen) atoms. The summed E-state index contributed by atoms with van der Waals surface area (Å²) in [6.07, 6.45) is 10.7. The smallest absolute Gasteiger partial charge is 0.135 e. The molecule has 3 nitrogen and oxygen atoms in total. The Hall–Kier alpha value is -0.260. The van der Waals surface area contributed by atoms with Gasteiger partial charge in [-0.2, -0.15) is 5.10 Å². The Labute approximate surface area is 125 Å². The van der Waals surface area contributed by atoms with Crippen molar-refractivity contribution in [3.05, 3.63) is 9.26 Å². The Balaban J connectivity index is 2.09. The van der Waals surface area contributed by atoms with E-state index in [-0.39, 0.29) is 0 Å². The van der Waals surface area contributed by atoms with Crippen LogP contribution >= 0.6 is 22.6 Å². The highest BCUT2D eigenvalue weighted by atomic mass is 127. The summed E-state index contributed by atoms with van der Waals surface area (Å²) in [5.74, 6) is 0.830. The molecular formula is C14H26IN3. The molecule has 1 aromatic rings. The zero-order chi connectivity index (χ0) is 13.4. The lowest BCUT2D eigenvalue weighted by atomic mass is 10.1. The molecule has 1 rings (SSSR count). The minimum atomic E-state index is 0.830. The molecule has 1 heterocycles. The number of rotatable bonds is 9. The largest absolute Gasteiger partial charge is 0.383 e. The molecule has 0 saturated carbocycles. The average molecular weight is 363 g/mol. The van der Waals surface area contributed by atoms with E-state index in [1.54, 1.807) is 0 Å². The molecule has 1 aromatic heterocycles. The van der Waals surface area contributed by atoms with Gasteiger partial charge in [-0.15, -0.1) is 0 Å². The van der Waals surface area contributed by atoms with E-state index in [2.05, 4.69) is 34.6 Å². The van der Waals surface area contributed by atoms with Crippen molar-refractivity contribution in [2.45, 2.75) is 71.8 Å². The van der Waals surface area contributed by atoms with Crippen molar-refractivity contribution >= 4 is 28.4 Å². The topological polar surface area (TPSA) is 43.8 Å². The first-order valence-electron chi connectivity index (χ1n) is 7.15. The first-order valence-corrected chi connectivity index (χ1v) is 8.23. The van der Waals surface area contributed by atoms with Gasteiger partial charge in [0.2, 0.25) is 0 Å². The maximum atomic E-state index is 5.99. The number of hydrogen-bond donors (Lipinski definition) is 1. The van der Waals surface area contributed by atoms with E-state index < -0.39 is 0 Å². The zero-order valence-electron chi connectivity index (χ0n) is 11.7. The molecule has 2 N–H and O–H groups in total. The number of nitrogens with zero attached hydrogens (tertiary/aromatic N) is 2. The van der Waals surface area contributed by atoms with Crippen LogP contribution in [-0.2, 0) is 6.54 Å². The molecule has 0 aromatic carbocycles. The summed E-state index contributed by atoms with van der Waals surface area (Å²) in [5.41, 5.74) is 7.04. The van der Waals surface area contributed by atoms with Crippen LogP contribution < -0.4 is 5.73 Å². The van der Waals surface area contributed by atoms with Crippen molar-refractivity contribution < 1.29 is 0 Å². The van der Waals surface area contributed by atoms with E-state index in [1.807, 2.05) is 11.6 Å². The van der Waals surface area contributed by atoms with Crippen LogP contribution in [0.25, 0.3) is 0 Å². The van der Waals surface area contributed by atoms with Gasteiger partial charge in [0.05, 0.1) is 9.26 Å². The fourth-order valence-corrected chi connectivity index (χ4v) is 2.53. The second kappa shape index (κ2) is 8.77. The van der Waals surface area contributed by atoms with Crippen LogP contribution in [0.1, 0.15) is 64.0 Å². The second-order valence-corrected chi connectivity index (χ2v) is 6.06. The van der Waals surface area contributed by atoms with Crippen molar-refractivity contribution in [3.8, 4) is 0 Å². The number of nitrogens with two attached hydrogens (primary N) is 1. The molecule has 0 bridgehead atoms. The summed E-state index contributed by atoms with van der Waals surface area (Å²) < 4.78 is 3.06. The van der Waals surface area contributed by atoms with Crippen LogP contribution in [0.15, 0.2) is 0 Å². The van der Waals surface area contributed by atoms with Crippen LogP contribution in [0, 0.1) is 10.5 Å². The van der Waals surface area contributed by atoms with E-state index in [9.17, 15) is 0 Å². The van der Waals surface area contributed by atoms with E-state index in [0.717, 1.165) is 21.6 Å². The Kier molecular flexibility index (Phi) is 7.70. The second-order valence-electron chi connectivity index (χ2n) is 4.98. The standard InChI is InChI=1S/C14H26IN3/c1-3-4-5-6-7-8-9-10-11-18-14(16)13(15)12(2)17-18/h3-11,16H2,1-2H3. The quantitative estimate of drug-likeness (QED) is 0.518. The molecule has 104 valence electrons. The van der Waals surface area contributed by atoms with Gasteiger partial charge in [0, 0.05) is 6.54 Å². The van der Waals surface area contributed by atoms with Gasteiger partial charge >= 0.3 is 0 Å². The molecule has 0 aliphatic heterocycles. The minimum absolute atomic E-state index is 0.830. The van der Waals surface area contributed by atoms with Crippen molar-refractivity contribution in [1.29, 1.82) is 0 Å². The molecule has 0 radical (unpaired) electrons. The Morgan fingerprint density at radius 3 is 2.11 bits per heavy atom. The van der Waals surface area contributed by atoms with E-state index >= 15 is 0 Å². The normalized spacial score (nSPS) is 11.1. The number of aryl methyl sites for hydroxylation is 2. The number of unbranched alkanes of at least 4 members (excludes halogenated alkanes) is 7. The zero-order valence-corrected chi connectivity index (χ0v) is 13.9. The van der Waals surface area contributed by atoms with Crippen LogP contribution in [-0.4, -0.2) is 9.78 Å². The molecule has 0 spiro atoms. The van der Waals surface area contributed by atoms with E-state index in [0.29, 0.717) is 0 Å². The molecule has 0 fully saturated rings. The Morgan fingerprint density at radius 2 is 1.61 bits per heavy atom. The number of aromatic nitrogens is 2. The monoisotopic (exact) mass is 363 g/mol. The predicted molar refractivity (Wildman–Crippen MR) is 86.7 cm³/mol. The van der Waals surface area contributed by atoms with Crippen molar-refractivity contribution in [3.63, 3.8) is 0 Å². The number of halogens is 1. The molecule has 0 saturated heterocycles. The fraction of sp³-hybridized carbons (Fsp3) is 0.786. The highest BCUT2D eigenvalue weighted by Gasteiger charge is 2.08. The van der Waals surface area contributed by atoms with Crippen LogP contribution in [0.3, 0.4) is 0 Å². The molecule has 4 heteroatoms. The van der Waals surface area contributed by atoms with Gasteiger partial charge in [0.15, 0.2) is 0 Å². The summed E-state index contributed by atoms with van der Waals surface area (Å²) in [6.45, 7) is 5.24. The lowest BCUT2D eigenvalue weighted by Crippen LogP contribution is -2.05. The number of nitrogen functional groups attached to an aromatic ring is 1. The molecule has 0 unspecified atom stereocenters. The van der Waals surface area contributed by atoms with Crippen molar-refractivity contribution in [1.82, 2.24) is 9.78 Å². The SMILES string of the molecule is CCCCCCCCCCn1nc(C)c(I)c1N. The Bertz CT molecular complexity index is 347. The summed E-state index contributed by atoms with van der Waals surface area (Å²) in [7, 11) is 0. The van der Waals surface area contributed by atoms with Crippen LogP contribution in [0.5, 0.6) is 0 Å². The number of anilines is 1. The first kappa shape index (κ1) is 15.8. The Morgan fingerprint density at radius 1 is 1.06 bits per heavy atom. The van der Waals surface area contributed by atoms with Crippen LogP contribution in [0.2, 0.25) is 0 Å².